The zero-order valence-corrected chi connectivity index (χ0v) is 13.2. The standard InChI is InChI=1S/C15H12ClFN2O3S/c16-13-5-2-6-14(17)12(13)7-8-15(20)19-10-3-1-4-11(9-10)23(18,21)22/h1-9H,(H,19,20)(H2,18,21,22)/b8-7+. The van der Waals surface area contributed by atoms with E-state index in [1.165, 1.54) is 48.5 Å². The van der Waals surface area contributed by atoms with Crippen LogP contribution < -0.4 is 10.5 Å². The first kappa shape index (κ1) is 17.1. The third kappa shape index (κ3) is 4.62. The van der Waals surface area contributed by atoms with Gasteiger partial charge in [0, 0.05) is 17.3 Å². The molecule has 0 saturated heterocycles. The van der Waals surface area contributed by atoms with Gasteiger partial charge in [0.1, 0.15) is 5.82 Å². The normalized spacial score (nSPS) is 11.6. The van der Waals surface area contributed by atoms with Gasteiger partial charge in [0.05, 0.1) is 9.92 Å². The molecule has 0 aromatic heterocycles. The fourth-order valence-corrected chi connectivity index (χ4v) is 2.55. The maximum Gasteiger partial charge on any atom is 0.248 e. The molecule has 3 N–H and O–H groups in total. The topological polar surface area (TPSA) is 89.3 Å². The van der Waals surface area contributed by atoms with Crippen LogP contribution in [0.15, 0.2) is 53.4 Å². The first-order chi connectivity index (χ1) is 10.8. The van der Waals surface area contributed by atoms with Crippen LogP contribution in [0, 0.1) is 5.82 Å². The van der Waals surface area contributed by atoms with Crippen LogP contribution in [0.4, 0.5) is 10.1 Å². The molecule has 0 atom stereocenters. The maximum atomic E-state index is 13.6. The number of benzene rings is 2. The van der Waals surface area contributed by atoms with Crippen LogP contribution in [0.5, 0.6) is 0 Å². The molecule has 0 spiro atoms. The van der Waals surface area contributed by atoms with Gasteiger partial charge in [0.2, 0.25) is 15.9 Å². The summed E-state index contributed by atoms with van der Waals surface area (Å²) in [5.74, 6) is -1.13. The number of rotatable bonds is 4. The molecular weight excluding hydrogens is 343 g/mol. The Morgan fingerprint density at radius 3 is 2.57 bits per heavy atom. The van der Waals surface area contributed by atoms with Crippen molar-refractivity contribution in [2.24, 2.45) is 5.14 Å². The van der Waals surface area contributed by atoms with Gasteiger partial charge in [-0.2, -0.15) is 0 Å². The molecule has 23 heavy (non-hydrogen) atoms. The van der Waals surface area contributed by atoms with Crippen LogP contribution in [-0.4, -0.2) is 14.3 Å². The van der Waals surface area contributed by atoms with Gasteiger partial charge in [-0.25, -0.2) is 17.9 Å². The average molecular weight is 355 g/mol. The highest BCUT2D eigenvalue weighted by Gasteiger charge is 2.09. The largest absolute Gasteiger partial charge is 0.322 e. The number of sulfonamides is 1. The molecule has 0 bridgehead atoms. The Morgan fingerprint density at radius 1 is 1.22 bits per heavy atom. The molecule has 0 unspecified atom stereocenters. The molecule has 120 valence electrons. The van der Waals surface area contributed by atoms with Crippen LogP contribution in [0.25, 0.3) is 6.08 Å². The number of hydrogen-bond acceptors (Lipinski definition) is 3. The van der Waals surface area contributed by atoms with Crippen molar-refractivity contribution in [2.45, 2.75) is 4.90 Å². The Balaban J connectivity index is 2.16. The van der Waals surface area contributed by atoms with Crippen LogP contribution in [0.3, 0.4) is 0 Å². The summed E-state index contributed by atoms with van der Waals surface area (Å²) >= 11 is 5.84. The lowest BCUT2D eigenvalue weighted by molar-refractivity contribution is -0.111. The molecule has 0 fully saturated rings. The van der Waals surface area contributed by atoms with Crippen LogP contribution in [0.1, 0.15) is 5.56 Å². The Bertz CT molecular complexity index is 862. The molecule has 5 nitrogen and oxygen atoms in total. The van der Waals surface area contributed by atoms with Gasteiger partial charge in [-0.05, 0) is 36.4 Å². The smallest absolute Gasteiger partial charge is 0.248 e. The van der Waals surface area contributed by atoms with Crippen LogP contribution in [0.2, 0.25) is 5.02 Å². The van der Waals surface area contributed by atoms with Gasteiger partial charge in [-0.15, -0.1) is 0 Å². The second kappa shape index (κ2) is 6.91. The van der Waals surface area contributed by atoms with Crippen molar-refractivity contribution in [3.8, 4) is 0 Å². The van der Waals surface area contributed by atoms with Gasteiger partial charge in [-0.1, -0.05) is 23.7 Å². The first-order valence-corrected chi connectivity index (χ1v) is 8.26. The predicted molar refractivity (Wildman–Crippen MR) is 86.9 cm³/mol. The lowest BCUT2D eigenvalue weighted by atomic mass is 10.2. The van der Waals surface area contributed by atoms with E-state index >= 15 is 0 Å². The summed E-state index contributed by atoms with van der Waals surface area (Å²) in [7, 11) is -3.86. The summed E-state index contributed by atoms with van der Waals surface area (Å²) < 4.78 is 36.1. The number of nitrogens with one attached hydrogen (secondary N) is 1. The molecule has 0 saturated carbocycles. The zero-order chi connectivity index (χ0) is 17.0. The quantitative estimate of drug-likeness (QED) is 0.827. The lowest BCUT2D eigenvalue weighted by Gasteiger charge is -2.04. The van der Waals surface area contributed by atoms with E-state index in [-0.39, 0.29) is 21.2 Å². The molecular formula is C15H12ClFN2O3S. The first-order valence-electron chi connectivity index (χ1n) is 6.33. The van der Waals surface area contributed by atoms with Gasteiger partial charge >= 0.3 is 0 Å². The number of anilines is 1. The van der Waals surface area contributed by atoms with Crippen LogP contribution in [-0.2, 0) is 14.8 Å². The van der Waals surface area contributed by atoms with E-state index in [1.807, 2.05) is 0 Å². The van der Waals surface area contributed by atoms with E-state index in [0.717, 1.165) is 6.08 Å². The monoisotopic (exact) mass is 354 g/mol. The van der Waals surface area contributed by atoms with E-state index in [1.54, 1.807) is 0 Å². The molecule has 2 rings (SSSR count). The second-order valence-corrected chi connectivity index (χ2v) is 6.50. The molecule has 8 heteroatoms. The van der Waals surface area contributed by atoms with Crippen molar-refractivity contribution in [3.05, 3.63) is 64.9 Å². The molecule has 0 aliphatic carbocycles. The SMILES string of the molecule is NS(=O)(=O)c1cccc(NC(=O)/C=C/c2c(F)cccc2Cl)c1. The molecule has 0 radical (unpaired) electrons. The molecule has 0 aliphatic heterocycles. The Morgan fingerprint density at radius 2 is 1.91 bits per heavy atom. The molecule has 2 aromatic rings. The van der Waals surface area contributed by atoms with Gasteiger partial charge in [0.25, 0.3) is 0 Å². The number of halogens is 2. The predicted octanol–water partition coefficient (Wildman–Crippen LogP) is 2.78. The molecule has 1 amide bonds. The Kier molecular flexibility index (Phi) is 5.15. The Hall–Kier alpha value is -2.22. The van der Waals surface area contributed by atoms with Gasteiger partial charge in [-0.3, -0.25) is 4.79 Å². The van der Waals surface area contributed by atoms with Crippen molar-refractivity contribution in [2.75, 3.05) is 5.32 Å². The lowest BCUT2D eigenvalue weighted by Crippen LogP contribution is -2.13. The number of hydrogen-bond donors (Lipinski definition) is 2. The fourth-order valence-electron chi connectivity index (χ4n) is 1.76. The molecule has 0 heterocycles. The average Bonchev–Trinajstić information content (AvgIpc) is 2.46. The van der Waals surface area contributed by atoms with Gasteiger partial charge < -0.3 is 5.32 Å². The van der Waals surface area contributed by atoms with Crippen molar-refractivity contribution >= 4 is 39.3 Å². The van der Waals surface area contributed by atoms with E-state index in [9.17, 15) is 17.6 Å². The van der Waals surface area contributed by atoms with E-state index in [0.29, 0.717) is 0 Å². The van der Waals surface area contributed by atoms with Crippen molar-refractivity contribution < 1.29 is 17.6 Å². The summed E-state index contributed by atoms with van der Waals surface area (Å²) in [6, 6.07) is 9.63. The summed E-state index contributed by atoms with van der Waals surface area (Å²) in [5.41, 5.74) is 0.327. The minimum atomic E-state index is -3.86. The van der Waals surface area contributed by atoms with Crippen molar-refractivity contribution in [3.63, 3.8) is 0 Å². The Labute approximate surface area is 137 Å². The van der Waals surface area contributed by atoms with Crippen molar-refractivity contribution in [1.82, 2.24) is 0 Å². The van der Waals surface area contributed by atoms with Gasteiger partial charge in [0.15, 0.2) is 0 Å². The summed E-state index contributed by atoms with van der Waals surface area (Å²) in [6.07, 6.45) is 2.32. The third-order valence-electron chi connectivity index (χ3n) is 2.83. The second-order valence-electron chi connectivity index (χ2n) is 4.53. The summed E-state index contributed by atoms with van der Waals surface area (Å²) in [5, 5.41) is 7.64. The maximum absolute atomic E-state index is 13.6. The number of amides is 1. The highest BCUT2D eigenvalue weighted by Crippen LogP contribution is 2.20. The molecule has 2 aromatic carbocycles. The number of carbonyl (C=O) groups is 1. The van der Waals surface area contributed by atoms with E-state index in [4.69, 9.17) is 16.7 Å². The number of carbonyl (C=O) groups excluding carboxylic acids is 1. The highest BCUT2D eigenvalue weighted by molar-refractivity contribution is 7.89. The van der Waals surface area contributed by atoms with E-state index in [2.05, 4.69) is 5.32 Å². The number of primary sulfonamides is 1. The van der Waals surface area contributed by atoms with E-state index < -0.39 is 21.7 Å². The van der Waals surface area contributed by atoms with Crippen molar-refractivity contribution in [1.29, 1.82) is 0 Å². The minimum Gasteiger partial charge on any atom is -0.322 e. The number of nitrogens with two attached hydrogens (primary N) is 1. The third-order valence-corrected chi connectivity index (χ3v) is 4.07. The highest BCUT2D eigenvalue weighted by atomic mass is 35.5. The zero-order valence-electron chi connectivity index (χ0n) is 11.7. The molecule has 0 aliphatic rings. The minimum absolute atomic E-state index is 0.0857. The fraction of sp³-hybridized carbons (Fsp3) is 0. The summed E-state index contributed by atoms with van der Waals surface area (Å²) in [4.78, 5) is 11.7. The summed E-state index contributed by atoms with van der Waals surface area (Å²) in [6.45, 7) is 0. The van der Waals surface area contributed by atoms with Crippen LogP contribution >= 0.6 is 11.6 Å².